The Kier molecular flexibility index (Phi) is 8.08. The molecule has 0 heterocycles. The van der Waals surface area contributed by atoms with Crippen LogP contribution in [0.2, 0.25) is 0 Å². The van der Waals surface area contributed by atoms with E-state index in [4.69, 9.17) is 0 Å². The normalized spacial score (nSPS) is 17.5. The highest BCUT2D eigenvalue weighted by Gasteiger charge is 2.28. The molecule has 2 atom stereocenters. The SMILES string of the molecule is CCNC(C)(CO)CC(C)N(CC(C)C)C(C)C. The molecule has 0 saturated heterocycles. The minimum Gasteiger partial charge on any atom is -0.394 e. The Hall–Kier alpha value is -0.120. The quantitative estimate of drug-likeness (QED) is 0.667. The molecule has 0 aliphatic carbocycles. The van der Waals surface area contributed by atoms with E-state index < -0.39 is 0 Å². The van der Waals surface area contributed by atoms with E-state index in [1.807, 2.05) is 0 Å². The Balaban J connectivity index is 4.61. The van der Waals surface area contributed by atoms with Crippen LogP contribution in [0.3, 0.4) is 0 Å². The van der Waals surface area contributed by atoms with Crippen molar-refractivity contribution in [2.24, 2.45) is 5.92 Å². The van der Waals surface area contributed by atoms with Gasteiger partial charge in [0.05, 0.1) is 6.61 Å². The van der Waals surface area contributed by atoms with Gasteiger partial charge in [0.1, 0.15) is 0 Å². The van der Waals surface area contributed by atoms with Crippen LogP contribution in [0.5, 0.6) is 0 Å². The summed E-state index contributed by atoms with van der Waals surface area (Å²) in [5.41, 5.74) is -0.168. The van der Waals surface area contributed by atoms with Crippen LogP contribution in [0.25, 0.3) is 0 Å². The Bertz CT molecular complexity index is 219. The maximum absolute atomic E-state index is 9.59. The molecular formula is C15H34N2O. The summed E-state index contributed by atoms with van der Waals surface area (Å²) in [6.07, 6.45) is 0.974. The van der Waals surface area contributed by atoms with Crippen molar-refractivity contribution < 1.29 is 5.11 Å². The van der Waals surface area contributed by atoms with Crippen LogP contribution in [-0.4, -0.2) is 47.3 Å². The van der Waals surface area contributed by atoms with Crippen LogP contribution in [0.15, 0.2) is 0 Å². The Morgan fingerprint density at radius 2 is 1.72 bits per heavy atom. The van der Waals surface area contributed by atoms with E-state index in [1.54, 1.807) is 0 Å². The van der Waals surface area contributed by atoms with Gasteiger partial charge in [0.25, 0.3) is 0 Å². The second-order valence-electron chi connectivity index (χ2n) is 6.49. The topological polar surface area (TPSA) is 35.5 Å². The van der Waals surface area contributed by atoms with Gasteiger partial charge in [-0.25, -0.2) is 0 Å². The van der Waals surface area contributed by atoms with Crippen molar-refractivity contribution in [1.29, 1.82) is 0 Å². The maximum atomic E-state index is 9.59. The number of nitrogens with one attached hydrogen (secondary N) is 1. The number of likely N-dealkylation sites (N-methyl/N-ethyl adjacent to an activating group) is 1. The lowest BCUT2D eigenvalue weighted by Gasteiger charge is -2.39. The van der Waals surface area contributed by atoms with Crippen molar-refractivity contribution in [3.63, 3.8) is 0 Å². The summed E-state index contributed by atoms with van der Waals surface area (Å²) in [4.78, 5) is 2.54. The Morgan fingerprint density at radius 3 is 2.06 bits per heavy atom. The first kappa shape index (κ1) is 17.9. The zero-order valence-electron chi connectivity index (χ0n) is 13.5. The molecule has 0 bridgehead atoms. The van der Waals surface area contributed by atoms with Crippen molar-refractivity contribution in [2.45, 2.75) is 72.5 Å². The third-order valence-electron chi connectivity index (χ3n) is 3.50. The standard InChI is InChI=1S/C15H34N2O/c1-8-16-15(7,11-18)9-14(6)17(13(4)5)10-12(2)3/h12-14,16,18H,8-11H2,1-7H3. The van der Waals surface area contributed by atoms with Gasteiger partial charge in [0.15, 0.2) is 0 Å². The fourth-order valence-electron chi connectivity index (χ4n) is 2.71. The first-order valence-corrected chi connectivity index (χ1v) is 7.37. The smallest absolute Gasteiger partial charge is 0.0611 e. The molecule has 0 aliphatic heterocycles. The van der Waals surface area contributed by atoms with Gasteiger partial charge in [-0.3, -0.25) is 4.90 Å². The van der Waals surface area contributed by atoms with Gasteiger partial charge in [-0.1, -0.05) is 20.8 Å². The van der Waals surface area contributed by atoms with E-state index in [-0.39, 0.29) is 12.1 Å². The third kappa shape index (κ3) is 6.17. The predicted molar refractivity (Wildman–Crippen MR) is 79.9 cm³/mol. The first-order valence-electron chi connectivity index (χ1n) is 7.37. The molecule has 0 aromatic heterocycles. The molecule has 3 heteroatoms. The average Bonchev–Trinajstić information content (AvgIpc) is 2.25. The molecule has 110 valence electrons. The molecule has 2 N–H and O–H groups in total. The molecule has 0 saturated carbocycles. The molecular weight excluding hydrogens is 224 g/mol. The minimum absolute atomic E-state index is 0.168. The maximum Gasteiger partial charge on any atom is 0.0611 e. The van der Waals surface area contributed by atoms with E-state index in [2.05, 4.69) is 58.7 Å². The number of hydrogen-bond donors (Lipinski definition) is 2. The summed E-state index contributed by atoms with van der Waals surface area (Å²) >= 11 is 0. The lowest BCUT2D eigenvalue weighted by Crippen LogP contribution is -2.52. The molecule has 0 fully saturated rings. The molecule has 0 radical (unpaired) electrons. The lowest BCUT2D eigenvalue weighted by atomic mass is 9.92. The van der Waals surface area contributed by atoms with Gasteiger partial charge in [-0.2, -0.15) is 0 Å². The van der Waals surface area contributed by atoms with E-state index in [0.717, 1.165) is 19.5 Å². The van der Waals surface area contributed by atoms with E-state index in [9.17, 15) is 5.11 Å². The Morgan fingerprint density at radius 1 is 1.17 bits per heavy atom. The summed E-state index contributed by atoms with van der Waals surface area (Å²) in [7, 11) is 0. The Labute approximate surface area is 114 Å². The monoisotopic (exact) mass is 258 g/mol. The lowest BCUT2D eigenvalue weighted by molar-refractivity contribution is 0.0891. The third-order valence-corrected chi connectivity index (χ3v) is 3.50. The summed E-state index contributed by atoms with van der Waals surface area (Å²) < 4.78 is 0. The van der Waals surface area contributed by atoms with Crippen LogP contribution in [-0.2, 0) is 0 Å². The number of hydrogen-bond acceptors (Lipinski definition) is 3. The molecule has 0 amide bonds. The van der Waals surface area contributed by atoms with Crippen molar-refractivity contribution in [3.05, 3.63) is 0 Å². The molecule has 0 spiro atoms. The highest BCUT2D eigenvalue weighted by molar-refractivity contribution is 4.87. The van der Waals surface area contributed by atoms with E-state index in [1.165, 1.54) is 0 Å². The molecule has 0 aliphatic rings. The van der Waals surface area contributed by atoms with Gasteiger partial charge in [-0.05, 0) is 46.6 Å². The molecule has 0 aromatic rings. The number of nitrogens with zero attached hydrogens (tertiary/aromatic N) is 1. The summed E-state index contributed by atoms with van der Waals surface area (Å²) in [6.45, 7) is 17.7. The van der Waals surface area contributed by atoms with E-state index in [0.29, 0.717) is 18.0 Å². The van der Waals surface area contributed by atoms with Crippen molar-refractivity contribution >= 4 is 0 Å². The van der Waals surface area contributed by atoms with E-state index >= 15 is 0 Å². The summed E-state index contributed by atoms with van der Waals surface area (Å²) in [5, 5.41) is 13.0. The summed E-state index contributed by atoms with van der Waals surface area (Å²) in [6, 6.07) is 1.02. The zero-order valence-corrected chi connectivity index (χ0v) is 13.5. The second-order valence-corrected chi connectivity index (χ2v) is 6.49. The second kappa shape index (κ2) is 8.13. The van der Waals surface area contributed by atoms with Crippen LogP contribution in [0.1, 0.15) is 54.9 Å². The van der Waals surface area contributed by atoms with Crippen molar-refractivity contribution in [3.8, 4) is 0 Å². The fraction of sp³-hybridized carbons (Fsp3) is 1.00. The minimum atomic E-state index is -0.168. The molecule has 0 aromatic carbocycles. The van der Waals surface area contributed by atoms with Crippen molar-refractivity contribution in [2.75, 3.05) is 19.7 Å². The van der Waals surface area contributed by atoms with Gasteiger partial charge < -0.3 is 10.4 Å². The van der Waals surface area contributed by atoms with Gasteiger partial charge >= 0.3 is 0 Å². The number of aliphatic hydroxyl groups excluding tert-OH is 1. The summed E-state index contributed by atoms with van der Waals surface area (Å²) in [5.74, 6) is 0.675. The van der Waals surface area contributed by atoms with Crippen LogP contribution >= 0.6 is 0 Å². The van der Waals surface area contributed by atoms with Gasteiger partial charge in [0, 0.05) is 24.2 Å². The van der Waals surface area contributed by atoms with Gasteiger partial charge in [0.2, 0.25) is 0 Å². The van der Waals surface area contributed by atoms with Gasteiger partial charge in [-0.15, -0.1) is 0 Å². The molecule has 3 nitrogen and oxygen atoms in total. The van der Waals surface area contributed by atoms with Crippen LogP contribution in [0.4, 0.5) is 0 Å². The highest BCUT2D eigenvalue weighted by atomic mass is 16.3. The van der Waals surface area contributed by atoms with Crippen LogP contribution < -0.4 is 5.32 Å². The highest BCUT2D eigenvalue weighted by Crippen LogP contribution is 2.19. The average molecular weight is 258 g/mol. The largest absolute Gasteiger partial charge is 0.394 e. The first-order chi connectivity index (χ1) is 8.25. The fourth-order valence-corrected chi connectivity index (χ4v) is 2.71. The number of rotatable bonds is 9. The molecule has 2 unspecified atom stereocenters. The predicted octanol–water partition coefficient (Wildman–Crippen LogP) is 2.49. The number of aliphatic hydroxyl groups is 1. The van der Waals surface area contributed by atoms with Crippen LogP contribution in [0, 0.1) is 5.92 Å². The molecule has 18 heavy (non-hydrogen) atoms. The molecule has 0 rings (SSSR count). The van der Waals surface area contributed by atoms with Crippen molar-refractivity contribution in [1.82, 2.24) is 10.2 Å². The zero-order chi connectivity index (χ0) is 14.3.